The van der Waals surface area contributed by atoms with Crippen molar-refractivity contribution >= 4 is 11.9 Å². The quantitative estimate of drug-likeness (QED) is 0.776. The average Bonchev–Trinajstić information content (AvgIpc) is 2.83. The molecular formula is C19H25NO6. The molecule has 0 aliphatic carbocycles. The van der Waals surface area contributed by atoms with E-state index in [1.165, 1.54) is 25.7 Å². The number of benzene rings is 1. The van der Waals surface area contributed by atoms with Gasteiger partial charge >= 0.3 is 11.9 Å². The van der Waals surface area contributed by atoms with Gasteiger partial charge in [0.05, 0.1) is 7.11 Å². The molecule has 7 heteroatoms. The largest absolute Gasteiger partial charge is 0.497 e. The Labute approximate surface area is 152 Å². The van der Waals surface area contributed by atoms with Gasteiger partial charge in [-0.05, 0) is 57.0 Å². The molecule has 2 atom stereocenters. The number of hydrogen-bond acceptors (Lipinski definition) is 5. The van der Waals surface area contributed by atoms with Gasteiger partial charge in [-0.2, -0.15) is 0 Å². The van der Waals surface area contributed by atoms with E-state index in [0.29, 0.717) is 18.3 Å². The van der Waals surface area contributed by atoms with E-state index in [0.717, 1.165) is 23.6 Å². The van der Waals surface area contributed by atoms with Crippen LogP contribution in [-0.2, 0) is 9.59 Å². The molecular weight excluding hydrogens is 338 g/mol. The first-order valence-corrected chi connectivity index (χ1v) is 8.55. The molecule has 2 aliphatic rings. The summed E-state index contributed by atoms with van der Waals surface area (Å²) in [5.41, 5.74) is 0. The molecule has 2 fully saturated rings. The van der Waals surface area contributed by atoms with Crippen molar-refractivity contribution < 1.29 is 29.3 Å². The van der Waals surface area contributed by atoms with Crippen LogP contribution in [0.3, 0.4) is 0 Å². The maximum Gasteiger partial charge on any atom is 0.328 e. The van der Waals surface area contributed by atoms with Crippen LogP contribution in [0.25, 0.3) is 0 Å². The van der Waals surface area contributed by atoms with Crippen LogP contribution in [0.2, 0.25) is 0 Å². The summed E-state index contributed by atoms with van der Waals surface area (Å²) in [6.45, 7) is 0. The summed E-state index contributed by atoms with van der Waals surface area (Å²) in [4.78, 5) is 21.6. The van der Waals surface area contributed by atoms with E-state index in [-0.39, 0.29) is 0 Å². The molecule has 26 heavy (non-hydrogen) atoms. The molecule has 1 aromatic carbocycles. The van der Waals surface area contributed by atoms with Crippen LogP contribution in [0.5, 0.6) is 11.5 Å². The average molecular weight is 363 g/mol. The Morgan fingerprint density at radius 1 is 1.00 bits per heavy atom. The van der Waals surface area contributed by atoms with Crippen LogP contribution in [0.4, 0.5) is 0 Å². The topological polar surface area (TPSA) is 96.3 Å². The standard InChI is InChI=1S/C15H21NO2.C4H4O4/c1-16-11-3-4-12(16)10-15(9-11)18-14-7-5-13(17-2)6-8-14;5-3(6)1-2-4(7)8/h5-8,11-12,15H,3-4,9-10H2,1-2H3;1-2H,(H,5,6)(H,7,8)/b;2-1+. The first-order chi connectivity index (χ1) is 12.4. The number of piperidine rings is 1. The summed E-state index contributed by atoms with van der Waals surface area (Å²) < 4.78 is 11.3. The lowest BCUT2D eigenvalue weighted by atomic mass is 10.0. The molecule has 142 valence electrons. The Balaban J connectivity index is 0.000000260. The van der Waals surface area contributed by atoms with Crippen molar-refractivity contribution in [3.63, 3.8) is 0 Å². The number of methoxy groups -OCH3 is 1. The van der Waals surface area contributed by atoms with E-state index in [4.69, 9.17) is 19.7 Å². The number of ether oxygens (including phenoxy) is 2. The first kappa shape index (κ1) is 19.8. The number of rotatable bonds is 5. The minimum Gasteiger partial charge on any atom is -0.497 e. The van der Waals surface area contributed by atoms with Crippen LogP contribution in [0.1, 0.15) is 25.7 Å². The molecule has 0 spiro atoms. The summed E-state index contributed by atoms with van der Waals surface area (Å²) in [5, 5.41) is 15.6. The monoisotopic (exact) mass is 363 g/mol. The van der Waals surface area contributed by atoms with Crippen molar-refractivity contribution in [3.8, 4) is 11.5 Å². The van der Waals surface area contributed by atoms with Gasteiger partial charge in [0.1, 0.15) is 17.6 Å². The molecule has 1 aromatic rings. The Morgan fingerprint density at radius 3 is 1.88 bits per heavy atom. The van der Waals surface area contributed by atoms with E-state index in [1.807, 2.05) is 24.3 Å². The molecule has 2 aliphatic heterocycles. The molecule has 7 nitrogen and oxygen atoms in total. The Bertz CT molecular complexity index is 612. The van der Waals surface area contributed by atoms with Gasteiger partial charge in [0.2, 0.25) is 0 Å². The lowest BCUT2D eigenvalue weighted by molar-refractivity contribution is -0.134. The van der Waals surface area contributed by atoms with Crippen molar-refractivity contribution in [2.75, 3.05) is 14.2 Å². The highest BCUT2D eigenvalue weighted by molar-refractivity contribution is 5.89. The van der Waals surface area contributed by atoms with Crippen LogP contribution in [0.15, 0.2) is 36.4 Å². The molecule has 2 N–H and O–H groups in total. The summed E-state index contributed by atoms with van der Waals surface area (Å²) in [6, 6.07) is 9.37. The minimum atomic E-state index is -1.26. The predicted octanol–water partition coefficient (Wildman–Crippen LogP) is 2.41. The smallest absolute Gasteiger partial charge is 0.328 e. The van der Waals surface area contributed by atoms with Gasteiger partial charge in [-0.25, -0.2) is 9.59 Å². The summed E-state index contributed by atoms with van der Waals surface area (Å²) in [6.07, 6.45) is 6.50. The first-order valence-electron chi connectivity index (χ1n) is 8.55. The molecule has 0 saturated carbocycles. The van der Waals surface area contributed by atoms with Crippen LogP contribution < -0.4 is 9.47 Å². The van der Waals surface area contributed by atoms with Crippen molar-refractivity contribution in [1.29, 1.82) is 0 Å². The maximum absolute atomic E-state index is 9.55. The lowest BCUT2D eigenvalue weighted by Crippen LogP contribution is -2.43. The molecule has 3 rings (SSSR count). The Kier molecular flexibility index (Phi) is 7.03. The molecule has 0 amide bonds. The maximum atomic E-state index is 9.55. The van der Waals surface area contributed by atoms with Crippen molar-refractivity contribution in [1.82, 2.24) is 4.90 Å². The van der Waals surface area contributed by atoms with Gasteiger partial charge in [0.15, 0.2) is 0 Å². The number of aliphatic carboxylic acids is 2. The highest BCUT2D eigenvalue weighted by Gasteiger charge is 2.39. The Hall–Kier alpha value is -2.54. The van der Waals surface area contributed by atoms with Crippen molar-refractivity contribution in [2.45, 2.75) is 43.9 Å². The normalized spacial score (nSPS) is 24.6. The highest BCUT2D eigenvalue weighted by atomic mass is 16.5. The van der Waals surface area contributed by atoms with E-state index in [9.17, 15) is 9.59 Å². The number of carboxylic acids is 2. The summed E-state index contributed by atoms with van der Waals surface area (Å²) in [7, 11) is 3.94. The van der Waals surface area contributed by atoms with Gasteiger partial charge in [-0.3, -0.25) is 0 Å². The molecule has 2 unspecified atom stereocenters. The molecule has 0 radical (unpaired) electrons. The van der Waals surface area contributed by atoms with Gasteiger partial charge in [-0.15, -0.1) is 0 Å². The SMILES string of the molecule is COc1ccc(OC2CC3CCC(C2)N3C)cc1.O=C(O)/C=C/C(=O)O. The van der Waals surface area contributed by atoms with Crippen LogP contribution >= 0.6 is 0 Å². The van der Waals surface area contributed by atoms with Gasteiger partial charge in [-0.1, -0.05) is 0 Å². The van der Waals surface area contributed by atoms with Crippen LogP contribution in [-0.4, -0.2) is 59.4 Å². The third kappa shape index (κ3) is 5.77. The second-order valence-corrected chi connectivity index (χ2v) is 6.45. The zero-order valence-corrected chi connectivity index (χ0v) is 15.0. The number of hydrogen-bond donors (Lipinski definition) is 2. The minimum absolute atomic E-state index is 0.382. The van der Waals surface area contributed by atoms with Crippen molar-refractivity contribution in [2.24, 2.45) is 0 Å². The molecule has 2 heterocycles. The molecule has 0 aromatic heterocycles. The second-order valence-electron chi connectivity index (χ2n) is 6.45. The number of carboxylic acid groups (broad SMARTS) is 2. The molecule has 2 saturated heterocycles. The van der Waals surface area contributed by atoms with E-state index in [1.54, 1.807) is 7.11 Å². The van der Waals surface area contributed by atoms with Gasteiger partial charge in [0.25, 0.3) is 0 Å². The zero-order chi connectivity index (χ0) is 19.1. The fourth-order valence-corrected chi connectivity index (χ4v) is 3.45. The predicted molar refractivity (Wildman–Crippen MR) is 95.6 cm³/mol. The third-order valence-corrected chi connectivity index (χ3v) is 4.79. The van der Waals surface area contributed by atoms with E-state index >= 15 is 0 Å². The fourth-order valence-electron chi connectivity index (χ4n) is 3.45. The van der Waals surface area contributed by atoms with Gasteiger partial charge < -0.3 is 24.6 Å². The number of carbonyl (C=O) groups is 2. The molecule has 2 bridgehead atoms. The van der Waals surface area contributed by atoms with Crippen LogP contribution in [0, 0.1) is 0 Å². The van der Waals surface area contributed by atoms with E-state index < -0.39 is 11.9 Å². The fraction of sp³-hybridized carbons (Fsp3) is 0.474. The summed E-state index contributed by atoms with van der Waals surface area (Å²) >= 11 is 0. The highest BCUT2D eigenvalue weighted by Crippen LogP contribution is 2.36. The third-order valence-electron chi connectivity index (χ3n) is 4.79. The van der Waals surface area contributed by atoms with Crippen molar-refractivity contribution in [3.05, 3.63) is 36.4 Å². The second kappa shape index (κ2) is 9.24. The number of nitrogens with zero attached hydrogens (tertiary/aromatic N) is 1. The zero-order valence-electron chi connectivity index (χ0n) is 15.0. The number of fused-ring (bicyclic) bond motifs is 2. The lowest BCUT2D eigenvalue weighted by Gasteiger charge is -2.36. The van der Waals surface area contributed by atoms with Gasteiger partial charge in [0, 0.05) is 24.2 Å². The Morgan fingerprint density at radius 2 is 1.46 bits per heavy atom. The van der Waals surface area contributed by atoms with E-state index in [2.05, 4.69) is 11.9 Å². The summed E-state index contributed by atoms with van der Waals surface area (Å²) in [5.74, 6) is -0.671.